The molecule has 0 aliphatic rings. The van der Waals surface area contributed by atoms with Crippen LogP contribution in [0.5, 0.6) is 0 Å². The van der Waals surface area contributed by atoms with Gasteiger partial charge in [-0.05, 0) is 18.1 Å². The summed E-state index contributed by atoms with van der Waals surface area (Å²) in [4.78, 5) is 28.1. The number of aromatic nitrogens is 1. The lowest BCUT2D eigenvalue weighted by molar-refractivity contribution is -0.135. The Labute approximate surface area is 112 Å². The molecule has 1 heterocycles. The number of hydrogen-bond donors (Lipinski definition) is 1. The zero-order valence-electron chi connectivity index (χ0n) is 11.3. The van der Waals surface area contributed by atoms with Crippen molar-refractivity contribution in [2.45, 2.75) is 13.8 Å². The van der Waals surface area contributed by atoms with Crippen LogP contribution >= 0.6 is 0 Å². The van der Waals surface area contributed by atoms with Gasteiger partial charge in [-0.15, -0.1) is 0 Å². The quantitative estimate of drug-likeness (QED) is 0.784. The second-order valence-corrected chi connectivity index (χ2v) is 4.56. The molecule has 19 heavy (non-hydrogen) atoms. The molecule has 0 amide bonds. The minimum atomic E-state index is -0.939. The molecular formula is C13H18N2O4. The molecular weight excluding hydrogens is 248 g/mol. The van der Waals surface area contributed by atoms with Gasteiger partial charge in [0.1, 0.15) is 12.4 Å². The number of esters is 1. The Morgan fingerprint density at radius 2 is 2.16 bits per heavy atom. The Hall–Kier alpha value is -2.11. The lowest BCUT2D eigenvalue weighted by atomic mass is 10.2. The van der Waals surface area contributed by atoms with Gasteiger partial charge in [0.15, 0.2) is 0 Å². The van der Waals surface area contributed by atoms with Crippen LogP contribution in [0.15, 0.2) is 18.3 Å². The molecule has 0 unspecified atom stereocenters. The van der Waals surface area contributed by atoms with E-state index in [9.17, 15) is 9.59 Å². The van der Waals surface area contributed by atoms with Crippen molar-refractivity contribution in [3.63, 3.8) is 0 Å². The number of anilines is 1. The van der Waals surface area contributed by atoms with Gasteiger partial charge in [0.2, 0.25) is 0 Å². The predicted molar refractivity (Wildman–Crippen MR) is 70.3 cm³/mol. The molecule has 6 nitrogen and oxygen atoms in total. The van der Waals surface area contributed by atoms with E-state index in [0.29, 0.717) is 17.9 Å². The summed E-state index contributed by atoms with van der Waals surface area (Å²) < 4.78 is 4.63. The third-order valence-corrected chi connectivity index (χ3v) is 2.40. The van der Waals surface area contributed by atoms with Crippen molar-refractivity contribution in [2.24, 2.45) is 5.92 Å². The first-order chi connectivity index (χ1) is 8.93. The number of carboxylic acid groups (broad SMARTS) is 1. The van der Waals surface area contributed by atoms with E-state index in [1.165, 1.54) is 25.4 Å². The molecule has 0 bridgehead atoms. The van der Waals surface area contributed by atoms with E-state index in [-0.39, 0.29) is 12.5 Å². The number of aliphatic carboxylic acids is 1. The molecule has 0 aliphatic carbocycles. The number of methoxy groups -OCH3 is 1. The number of hydrogen-bond acceptors (Lipinski definition) is 5. The van der Waals surface area contributed by atoms with E-state index < -0.39 is 11.9 Å². The third kappa shape index (κ3) is 4.57. The molecule has 0 radical (unpaired) electrons. The highest BCUT2D eigenvalue weighted by atomic mass is 16.5. The summed E-state index contributed by atoms with van der Waals surface area (Å²) in [5.41, 5.74) is 0.353. The molecule has 1 aromatic rings. The zero-order valence-corrected chi connectivity index (χ0v) is 11.3. The molecule has 0 saturated carbocycles. The number of carboxylic acids is 1. The number of nitrogens with zero attached hydrogens (tertiary/aromatic N) is 2. The summed E-state index contributed by atoms with van der Waals surface area (Å²) in [6.07, 6.45) is 1.47. The standard InChI is InChI=1S/C13H18N2O4/c1-9(2)7-15(8-12(16)17)11-6-10(4-5-14-11)13(18)19-3/h4-6,9H,7-8H2,1-3H3,(H,16,17). The first-order valence-corrected chi connectivity index (χ1v) is 5.95. The van der Waals surface area contributed by atoms with Crippen molar-refractivity contribution in [1.29, 1.82) is 0 Å². The monoisotopic (exact) mass is 266 g/mol. The molecule has 6 heteroatoms. The summed E-state index contributed by atoms with van der Waals surface area (Å²) in [6, 6.07) is 3.07. The van der Waals surface area contributed by atoms with Crippen LogP contribution < -0.4 is 4.90 Å². The van der Waals surface area contributed by atoms with E-state index in [1.54, 1.807) is 4.90 Å². The predicted octanol–water partition coefficient (Wildman–Crippen LogP) is 1.42. The van der Waals surface area contributed by atoms with Gasteiger partial charge in [-0.25, -0.2) is 9.78 Å². The lowest BCUT2D eigenvalue weighted by Crippen LogP contribution is -2.33. The van der Waals surface area contributed by atoms with Crippen molar-refractivity contribution in [1.82, 2.24) is 4.98 Å². The summed E-state index contributed by atoms with van der Waals surface area (Å²) in [5.74, 6) is -0.670. The van der Waals surface area contributed by atoms with Crippen LogP contribution in [0.1, 0.15) is 24.2 Å². The first kappa shape index (κ1) is 14.9. The Morgan fingerprint density at radius 3 is 2.68 bits per heavy atom. The number of pyridine rings is 1. The highest BCUT2D eigenvalue weighted by Crippen LogP contribution is 2.15. The third-order valence-electron chi connectivity index (χ3n) is 2.40. The van der Waals surface area contributed by atoms with Gasteiger partial charge in [0, 0.05) is 12.7 Å². The fourth-order valence-electron chi connectivity index (χ4n) is 1.68. The molecule has 1 rings (SSSR count). The smallest absolute Gasteiger partial charge is 0.338 e. The van der Waals surface area contributed by atoms with Crippen LogP contribution in [-0.4, -0.2) is 42.2 Å². The van der Waals surface area contributed by atoms with Crippen molar-refractivity contribution in [3.05, 3.63) is 23.9 Å². The van der Waals surface area contributed by atoms with Gasteiger partial charge in [-0.2, -0.15) is 0 Å². The number of carbonyl (C=O) groups excluding carboxylic acids is 1. The van der Waals surface area contributed by atoms with Crippen LogP contribution in [0.25, 0.3) is 0 Å². The maximum absolute atomic E-state index is 11.4. The normalized spacial score (nSPS) is 10.3. The Balaban J connectivity index is 3.00. The van der Waals surface area contributed by atoms with Crippen molar-refractivity contribution < 1.29 is 19.4 Å². The van der Waals surface area contributed by atoms with Crippen LogP contribution in [0.3, 0.4) is 0 Å². The molecule has 1 N–H and O–H groups in total. The van der Waals surface area contributed by atoms with Gasteiger partial charge in [0.25, 0.3) is 0 Å². The number of carbonyl (C=O) groups is 2. The minimum absolute atomic E-state index is 0.157. The number of ether oxygens (including phenoxy) is 1. The topological polar surface area (TPSA) is 79.7 Å². The van der Waals surface area contributed by atoms with Gasteiger partial charge in [-0.1, -0.05) is 13.8 Å². The largest absolute Gasteiger partial charge is 0.480 e. The van der Waals surface area contributed by atoms with Crippen LogP contribution in [0.2, 0.25) is 0 Å². The Kier molecular flexibility index (Phi) is 5.29. The van der Waals surface area contributed by atoms with E-state index in [2.05, 4.69) is 9.72 Å². The maximum Gasteiger partial charge on any atom is 0.338 e. The molecule has 0 fully saturated rings. The summed E-state index contributed by atoms with van der Waals surface area (Å²) in [7, 11) is 1.30. The summed E-state index contributed by atoms with van der Waals surface area (Å²) in [6.45, 7) is 4.36. The fraction of sp³-hybridized carbons (Fsp3) is 0.462. The van der Waals surface area contributed by atoms with Gasteiger partial charge in [-0.3, -0.25) is 4.79 Å². The van der Waals surface area contributed by atoms with E-state index in [4.69, 9.17) is 5.11 Å². The molecule has 0 spiro atoms. The molecule has 0 atom stereocenters. The lowest BCUT2D eigenvalue weighted by Gasteiger charge is -2.23. The van der Waals surface area contributed by atoms with Crippen molar-refractivity contribution in [3.8, 4) is 0 Å². The molecule has 0 aliphatic heterocycles. The van der Waals surface area contributed by atoms with Crippen molar-refractivity contribution in [2.75, 3.05) is 25.1 Å². The van der Waals surface area contributed by atoms with Crippen LogP contribution in [-0.2, 0) is 9.53 Å². The van der Waals surface area contributed by atoms with E-state index in [1.807, 2.05) is 13.8 Å². The second kappa shape index (κ2) is 6.72. The average Bonchev–Trinajstić information content (AvgIpc) is 2.36. The first-order valence-electron chi connectivity index (χ1n) is 5.95. The SMILES string of the molecule is COC(=O)c1ccnc(N(CC(=O)O)CC(C)C)c1. The summed E-state index contributed by atoms with van der Waals surface area (Å²) >= 11 is 0. The molecule has 104 valence electrons. The Morgan fingerprint density at radius 1 is 1.47 bits per heavy atom. The fourth-order valence-corrected chi connectivity index (χ4v) is 1.68. The van der Waals surface area contributed by atoms with E-state index in [0.717, 1.165) is 0 Å². The van der Waals surface area contributed by atoms with Crippen LogP contribution in [0, 0.1) is 5.92 Å². The van der Waals surface area contributed by atoms with Gasteiger partial charge < -0.3 is 14.7 Å². The number of rotatable bonds is 6. The summed E-state index contributed by atoms with van der Waals surface area (Å²) in [5, 5.41) is 8.92. The second-order valence-electron chi connectivity index (χ2n) is 4.56. The Bertz CT molecular complexity index is 460. The molecule has 0 aromatic carbocycles. The highest BCUT2D eigenvalue weighted by molar-refractivity contribution is 5.90. The van der Waals surface area contributed by atoms with Gasteiger partial charge >= 0.3 is 11.9 Å². The highest BCUT2D eigenvalue weighted by Gasteiger charge is 2.15. The molecule has 0 saturated heterocycles. The maximum atomic E-state index is 11.4. The van der Waals surface area contributed by atoms with Crippen LogP contribution in [0.4, 0.5) is 5.82 Å². The molecule has 1 aromatic heterocycles. The van der Waals surface area contributed by atoms with E-state index >= 15 is 0 Å². The zero-order chi connectivity index (χ0) is 14.4. The van der Waals surface area contributed by atoms with Gasteiger partial charge in [0.05, 0.1) is 12.7 Å². The minimum Gasteiger partial charge on any atom is -0.480 e. The van der Waals surface area contributed by atoms with Crippen molar-refractivity contribution >= 4 is 17.8 Å². The average molecular weight is 266 g/mol.